The second-order valence-corrected chi connectivity index (χ2v) is 7.62. The van der Waals surface area contributed by atoms with Gasteiger partial charge < -0.3 is 20.0 Å². The molecule has 1 N–H and O–H groups in total. The molecule has 1 fully saturated rings. The minimum atomic E-state index is 0.933. The van der Waals surface area contributed by atoms with E-state index in [4.69, 9.17) is 0 Å². The lowest BCUT2D eigenvalue weighted by Crippen LogP contribution is -2.44. The van der Waals surface area contributed by atoms with E-state index in [0.29, 0.717) is 0 Å². The standard InChI is InChI=1S/C22H35N5/c1-23-22(24-12-6-14-26-15-7-13-25(2)18-19-26)27-16-10-21(11-17-27)20-8-4-3-5-9-20/h3-5,8-10H,6-7,11-19H2,1-2H3,(H,23,24). The normalized spacial score (nSPS) is 20.3. The molecule has 0 unspecified atom stereocenters. The van der Waals surface area contributed by atoms with Crippen molar-refractivity contribution in [3.8, 4) is 0 Å². The molecule has 2 heterocycles. The number of hydrogen-bond donors (Lipinski definition) is 1. The van der Waals surface area contributed by atoms with Crippen LogP contribution in [0.25, 0.3) is 5.57 Å². The fourth-order valence-electron chi connectivity index (χ4n) is 3.93. The molecule has 0 bridgehead atoms. The maximum atomic E-state index is 4.50. The van der Waals surface area contributed by atoms with Crippen LogP contribution in [0.5, 0.6) is 0 Å². The maximum Gasteiger partial charge on any atom is 0.193 e. The number of hydrogen-bond acceptors (Lipinski definition) is 3. The van der Waals surface area contributed by atoms with Crippen molar-refractivity contribution in [2.75, 3.05) is 66.5 Å². The van der Waals surface area contributed by atoms with Crippen molar-refractivity contribution >= 4 is 11.5 Å². The number of benzene rings is 1. The lowest BCUT2D eigenvalue weighted by molar-refractivity contribution is 0.273. The Morgan fingerprint density at radius 2 is 1.93 bits per heavy atom. The number of aliphatic imine (C=N–C) groups is 1. The van der Waals surface area contributed by atoms with Gasteiger partial charge in [-0.3, -0.25) is 4.99 Å². The van der Waals surface area contributed by atoms with Crippen LogP contribution in [-0.2, 0) is 0 Å². The first-order valence-corrected chi connectivity index (χ1v) is 10.4. The smallest absolute Gasteiger partial charge is 0.193 e. The summed E-state index contributed by atoms with van der Waals surface area (Å²) < 4.78 is 0. The van der Waals surface area contributed by atoms with Gasteiger partial charge in [0.15, 0.2) is 5.96 Å². The van der Waals surface area contributed by atoms with Crippen LogP contribution < -0.4 is 5.32 Å². The molecule has 2 aliphatic heterocycles. The lowest BCUT2D eigenvalue weighted by atomic mass is 10.00. The highest BCUT2D eigenvalue weighted by atomic mass is 15.3. The van der Waals surface area contributed by atoms with Gasteiger partial charge in [-0.2, -0.15) is 0 Å². The number of guanidine groups is 1. The number of rotatable bonds is 5. The summed E-state index contributed by atoms with van der Waals surface area (Å²) in [4.78, 5) is 11.9. The SMILES string of the molecule is CN=C(NCCCN1CCCN(C)CC1)N1CC=C(c2ccccc2)CC1. The first-order valence-electron chi connectivity index (χ1n) is 10.4. The van der Waals surface area contributed by atoms with Crippen molar-refractivity contribution in [1.82, 2.24) is 20.0 Å². The highest BCUT2D eigenvalue weighted by molar-refractivity contribution is 5.81. The summed E-state index contributed by atoms with van der Waals surface area (Å²) in [5, 5.41) is 3.57. The van der Waals surface area contributed by atoms with Crippen molar-refractivity contribution < 1.29 is 0 Å². The molecule has 0 spiro atoms. The predicted molar refractivity (Wildman–Crippen MR) is 115 cm³/mol. The summed E-state index contributed by atoms with van der Waals surface area (Å²) in [6.07, 6.45) is 5.88. The van der Waals surface area contributed by atoms with Crippen molar-refractivity contribution in [3.63, 3.8) is 0 Å². The highest BCUT2D eigenvalue weighted by Crippen LogP contribution is 2.21. The zero-order valence-electron chi connectivity index (χ0n) is 17.0. The van der Waals surface area contributed by atoms with Crippen LogP contribution in [0.3, 0.4) is 0 Å². The van der Waals surface area contributed by atoms with Crippen LogP contribution in [0.1, 0.15) is 24.8 Å². The zero-order valence-corrected chi connectivity index (χ0v) is 17.0. The van der Waals surface area contributed by atoms with Crippen molar-refractivity contribution in [3.05, 3.63) is 42.0 Å². The Bertz CT molecular complexity index is 625. The van der Waals surface area contributed by atoms with Gasteiger partial charge in [0.25, 0.3) is 0 Å². The van der Waals surface area contributed by atoms with Crippen LogP contribution in [-0.4, -0.2) is 87.1 Å². The average molecular weight is 370 g/mol. The van der Waals surface area contributed by atoms with Crippen molar-refractivity contribution in [2.45, 2.75) is 19.3 Å². The summed E-state index contributed by atoms with van der Waals surface area (Å²) in [5.41, 5.74) is 2.80. The van der Waals surface area contributed by atoms with E-state index in [1.165, 1.54) is 56.7 Å². The molecule has 1 saturated heterocycles. The molecule has 1 aromatic rings. The molecular formula is C22H35N5. The van der Waals surface area contributed by atoms with Gasteiger partial charge in [0.05, 0.1) is 0 Å². The van der Waals surface area contributed by atoms with Crippen LogP contribution in [0.4, 0.5) is 0 Å². The van der Waals surface area contributed by atoms with Gasteiger partial charge in [-0.05, 0) is 57.1 Å². The Kier molecular flexibility index (Phi) is 7.72. The average Bonchev–Trinajstić information content (AvgIpc) is 2.93. The minimum Gasteiger partial charge on any atom is -0.356 e. The van der Waals surface area contributed by atoms with E-state index in [2.05, 4.69) is 68.5 Å². The molecule has 2 aliphatic rings. The number of nitrogens with zero attached hydrogens (tertiary/aromatic N) is 4. The summed E-state index contributed by atoms with van der Waals surface area (Å²) in [5.74, 6) is 1.04. The molecule has 1 aromatic carbocycles. The van der Waals surface area contributed by atoms with E-state index in [0.717, 1.165) is 32.0 Å². The predicted octanol–water partition coefficient (Wildman–Crippen LogP) is 2.38. The third kappa shape index (κ3) is 6.08. The van der Waals surface area contributed by atoms with Crippen LogP contribution in [0, 0.1) is 0 Å². The van der Waals surface area contributed by atoms with Crippen molar-refractivity contribution in [2.24, 2.45) is 4.99 Å². The van der Waals surface area contributed by atoms with E-state index in [1.54, 1.807) is 0 Å². The first kappa shape index (κ1) is 19.9. The quantitative estimate of drug-likeness (QED) is 0.491. The van der Waals surface area contributed by atoms with Gasteiger partial charge in [-0.15, -0.1) is 0 Å². The van der Waals surface area contributed by atoms with Gasteiger partial charge in [-0.25, -0.2) is 0 Å². The fraction of sp³-hybridized carbons (Fsp3) is 0.591. The van der Waals surface area contributed by atoms with E-state index >= 15 is 0 Å². The molecule has 0 atom stereocenters. The Hall–Kier alpha value is -1.85. The minimum absolute atomic E-state index is 0.933. The molecule has 0 saturated carbocycles. The summed E-state index contributed by atoms with van der Waals surface area (Å²) in [6, 6.07) is 10.7. The summed E-state index contributed by atoms with van der Waals surface area (Å²) in [6.45, 7) is 8.98. The monoisotopic (exact) mass is 369 g/mol. The van der Waals surface area contributed by atoms with Crippen molar-refractivity contribution in [1.29, 1.82) is 0 Å². The second kappa shape index (κ2) is 10.5. The third-order valence-corrected chi connectivity index (χ3v) is 5.61. The molecular weight excluding hydrogens is 334 g/mol. The molecule has 5 heteroatoms. The van der Waals surface area contributed by atoms with Gasteiger partial charge in [-0.1, -0.05) is 36.4 Å². The first-order chi connectivity index (χ1) is 13.3. The van der Waals surface area contributed by atoms with Gasteiger partial charge in [0, 0.05) is 39.8 Å². The number of nitrogens with one attached hydrogen (secondary N) is 1. The van der Waals surface area contributed by atoms with E-state index in [1.807, 2.05) is 7.05 Å². The van der Waals surface area contributed by atoms with E-state index < -0.39 is 0 Å². The molecule has 5 nitrogen and oxygen atoms in total. The Labute approximate surface area is 164 Å². The molecule has 148 valence electrons. The Balaban J connectivity index is 1.40. The maximum absolute atomic E-state index is 4.50. The van der Waals surface area contributed by atoms with E-state index in [9.17, 15) is 0 Å². The second-order valence-electron chi connectivity index (χ2n) is 7.62. The topological polar surface area (TPSA) is 34.1 Å². The largest absolute Gasteiger partial charge is 0.356 e. The van der Waals surface area contributed by atoms with Gasteiger partial charge >= 0.3 is 0 Å². The summed E-state index contributed by atoms with van der Waals surface area (Å²) in [7, 11) is 4.12. The van der Waals surface area contributed by atoms with Crippen LogP contribution in [0.15, 0.2) is 41.4 Å². The Morgan fingerprint density at radius 1 is 1.07 bits per heavy atom. The summed E-state index contributed by atoms with van der Waals surface area (Å²) >= 11 is 0. The highest BCUT2D eigenvalue weighted by Gasteiger charge is 2.16. The van der Waals surface area contributed by atoms with E-state index in [-0.39, 0.29) is 0 Å². The molecule has 3 rings (SSSR count). The molecule has 0 aliphatic carbocycles. The van der Waals surface area contributed by atoms with Crippen LogP contribution >= 0.6 is 0 Å². The van der Waals surface area contributed by atoms with Gasteiger partial charge in [0.1, 0.15) is 0 Å². The molecule has 27 heavy (non-hydrogen) atoms. The molecule has 0 aromatic heterocycles. The zero-order chi connectivity index (χ0) is 18.9. The lowest BCUT2D eigenvalue weighted by Gasteiger charge is -2.30. The van der Waals surface area contributed by atoms with Crippen LogP contribution in [0.2, 0.25) is 0 Å². The van der Waals surface area contributed by atoms with Gasteiger partial charge in [0.2, 0.25) is 0 Å². The molecule has 0 radical (unpaired) electrons. The third-order valence-electron chi connectivity index (χ3n) is 5.61. The molecule has 0 amide bonds. The Morgan fingerprint density at radius 3 is 2.67 bits per heavy atom. The number of likely N-dealkylation sites (N-methyl/N-ethyl adjacent to an activating group) is 1. The fourth-order valence-corrected chi connectivity index (χ4v) is 3.93.